The lowest BCUT2D eigenvalue weighted by molar-refractivity contribution is 0.249. The predicted octanol–water partition coefficient (Wildman–Crippen LogP) is 3.49. The van der Waals surface area contributed by atoms with Crippen molar-refractivity contribution in [3.8, 4) is 0 Å². The Kier molecular flexibility index (Phi) is 4.24. The lowest BCUT2D eigenvalue weighted by Gasteiger charge is -2.20. The number of fused-ring (bicyclic) bond motifs is 1. The van der Waals surface area contributed by atoms with Crippen LogP contribution in [0.5, 0.6) is 0 Å². The van der Waals surface area contributed by atoms with E-state index >= 15 is 0 Å². The van der Waals surface area contributed by atoms with Crippen LogP contribution in [0, 0.1) is 0 Å². The largest absolute Gasteiger partial charge is 0.335 e. The van der Waals surface area contributed by atoms with Crippen molar-refractivity contribution in [3.05, 3.63) is 29.3 Å². The van der Waals surface area contributed by atoms with Gasteiger partial charge in [0.15, 0.2) is 0 Å². The van der Waals surface area contributed by atoms with Gasteiger partial charge in [0.2, 0.25) is 0 Å². The molecule has 1 aromatic rings. The van der Waals surface area contributed by atoms with E-state index in [0.717, 1.165) is 24.9 Å². The summed E-state index contributed by atoms with van der Waals surface area (Å²) in [4.78, 5) is 11.8. The van der Waals surface area contributed by atoms with Crippen LogP contribution in [-0.2, 0) is 12.8 Å². The molecule has 3 heteroatoms. The number of hydrogen-bond donors (Lipinski definition) is 2. The number of carbonyl (C=O) groups is 1. The number of anilines is 1. The van der Waals surface area contributed by atoms with E-state index in [1.54, 1.807) is 0 Å². The van der Waals surface area contributed by atoms with E-state index in [1.807, 2.05) is 19.1 Å². The summed E-state index contributed by atoms with van der Waals surface area (Å²) in [6.45, 7) is 4.08. The molecule has 1 aromatic carbocycles. The molecule has 98 valence electrons. The van der Waals surface area contributed by atoms with Crippen LogP contribution in [0.3, 0.4) is 0 Å². The highest BCUT2D eigenvalue weighted by Gasteiger charge is 2.14. The van der Waals surface area contributed by atoms with Crippen LogP contribution in [0.2, 0.25) is 0 Å². The number of rotatable bonds is 3. The Morgan fingerprint density at radius 2 is 2.11 bits per heavy atom. The van der Waals surface area contributed by atoms with Gasteiger partial charge in [0.1, 0.15) is 0 Å². The van der Waals surface area contributed by atoms with E-state index in [9.17, 15) is 4.79 Å². The first-order chi connectivity index (χ1) is 8.70. The summed E-state index contributed by atoms with van der Waals surface area (Å²) in [6, 6.07) is 6.32. The second kappa shape index (κ2) is 5.89. The van der Waals surface area contributed by atoms with Gasteiger partial charge in [-0.05, 0) is 56.2 Å². The Labute approximate surface area is 109 Å². The van der Waals surface area contributed by atoms with Crippen molar-refractivity contribution >= 4 is 11.7 Å². The van der Waals surface area contributed by atoms with Crippen molar-refractivity contribution in [2.75, 3.05) is 5.32 Å². The molecule has 1 aliphatic carbocycles. The minimum atomic E-state index is -0.0941. The summed E-state index contributed by atoms with van der Waals surface area (Å²) in [5.41, 5.74) is 3.69. The SMILES string of the molecule is CC[C@@H](C)NC(=O)Nc1cccc2c1CCCC2. The summed E-state index contributed by atoms with van der Waals surface area (Å²) >= 11 is 0. The maximum absolute atomic E-state index is 11.8. The highest BCUT2D eigenvalue weighted by molar-refractivity contribution is 5.90. The van der Waals surface area contributed by atoms with Crippen LogP contribution in [-0.4, -0.2) is 12.1 Å². The first kappa shape index (κ1) is 12.9. The molecule has 0 bridgehead atoms. The van der Waals surface area contributed by atoms with E-state index in [2.05, 4.69) is 23.6 Å². The van der Waals surface area contributed by atoms with Crippen molar-refractivity contribution in [2.24, 2.45) is 0 Å². The molecule has 0 unspecified atom stereocenters. The fourth-order valence-electron chi connectivity index (χ4n) is 2.38. The fourth-order valence-corrected chi connectivity index (χ4v) is 2.38. The molecule has 2 N–H and O–H groups in total. The third kappa shape index (κ3) is 3.03. The fraction of sp³-hybridized carbons (Fsp3) is 0.533. The van der Waals surface area contributed by atoms with Crippen LogP contribution in [0.15, 0.2) is 18.2 Å². The Bertz CT molecular complexity index is 429. The van der Waals surface area contributed by atoms with Crippen molar-refractivity contribution < 1.29 is 4.79 Å². The van der Waals surface area contributed by atoms with Gasteiger partial charge in [0, 0.05) is 11.7 Å². The van der Waals surface area contributed by atoms with E-state index in [4.69, 9.17) is 0 Å². The smallest absolute Gasteiger partial charge is 0.319 e. The van der Waals surface area contributed by atoms with Gasteiger partial charge in [-0.15, -0.1) is 0 Å². The number of benzene rings is 1. The summed E-state index contributed by atoms with van der Waals surface area (Å²) in [6.07, 6.45) is 5.64. The first-order valence-electron chi connectivity index (χ1n) is 6.89. The van der Waals surface area contributed by atoms with Crippen LogP contribution in [0.4, 0.5) is 10.5 Å². The predicted molar refractivity (Wildman–Crippen MR) is 75.0 cm³/mol. The Balaban J connectivity index is 2.07. The van der Waals surface area contributed by atoms with Gasteiger partial charge in [-0.25, -0.2) is 4.79 Å². The second-order valence-electron chi connectivity index (χ2n) is 5.06. The highest BCUT2D eigenvalue weighted by atomic mass is 16.2. The summed E-state index contributed by atoms with van der Waals surface area (Å²) < 4.78 is 0. The van der Waals surface area contributed by atoms with Gasteiger partial charge in [-0.3, -0.25) is 0 Å². The van der Waals surface area contributed by atoms with Gasteiger partial charge < -0.3 is 10.6 Å². The Morgan fingerprint density at radius 3 is 2.89 bits per heavy atom. The van der Waals surface area contributed by atoms with Gasteiger partial charge in [-0.2, -0.15) is 0 Å². The minimum Gasteiger partial charge on any atom is -0.335 e. The average molecular weight is 246 g/mol. The molecule has 1 aliphatic rings. The molecule has 0 aromatic heterocycles. The molecule has 0 fully saturated rings. The number of hydrogen-bond acceptors (Lipinski definition) is 1. The van der Waals surface area contributed by atoms with Gasteiger partial charge >= 0.3 is 6.03 Å². The van der Waals surface area contributed by atoms with Crippen molar-refractivity contribution in [1.82, 2.24) is 5.32 Å². The van der Waals surface area contributed by atoms with Crippen LogP contribution >= 0.6 is 0 Å². The third-order valence-corrected chi connectivity index (χ3v) is 3.63. The summed E-state index contributed by atoms with van der Waals surface area (Å²) in [7, 11) is 0. The molecule has 0 saturated heterocycles. The summed E-state index contributed by atoms with van der Waals surface area (Å²) in [5.74, 6) is 0. The molecular formula is C15H22N2O. The van der Waals surface area contributed by atoms with Crippen molar-refractivity contribution in [1.29, 1.82) is 0 Å². The Morgan fingerprint density at radius 1 is 1.33 bits per heavy atom. The van der Waals surface area contributed by atoms with E-state index in [-0.39, 0.29) is 12.1 Å². The zero-order valence-corrected chi connectivity index (χ0v) is 11.3. The molecule has 18 heavy (non-hydrogen) atoms. The maximum Gasteiger partial charge on any atom is 0.319 e. The minimum absolute atomic E-state index is 0.0941. The summed E-state index contributed by atoms with van der Waals surface area (Å²) in [5, 5.41) is 5.92. The molecule has 0 spiro atoms. The highest BCUT2D eigenvalue weighted by Crippen LogP contribution is 2.27. The molecule has 0 heterocycles. The zero-order valence-electron chi connectivity index (χ0n) is 11.3. The van der Waals surface area contributed by atoms with E-state index < -0.39 is 0 Å². The van der Waals surface area contributed by atoms with Crippen molar-refractivity contribution in [2.45, 2.75) is 52.0 Å². The maximum atomic E-state index is 11.8. The molecule has 2 rings (SSSR count). The monoisotopic (exact) mass is 246 g/mol. The molecule has 0 saturated carbocycles. The first-order valence-corrected chi connectivity index (χ1v) is 6.89. The third-order valence-electron chi connectivity index (χ3n) is 3.63. The quantitative estimate of drug-likeness (QED) is 0.842. The molecular weight excluding hydrogens is 224 g/mol. The normalized spacial score (nSPS) is 15.7. The van der Waals surface area contributed by atoms with Crippen LogP contribution in [0.1, 0.15) is 44.2 Å². The van der Waals surface area contributed by atoms with Crippen LogP contribution in [0.25, 0.3) is 0 Å². The van der Waals surface area contributed by atoms with E-state index in [0.29, 0.717) is 0 Å². The number of aryl methyl sites for hydroxylation is 1. The number of nitrogens with one attached hydrogen (secondary N) is 2. The number of urea groups is 1. The molecule has 2 amide bonds. The standard InChI is InChI=1S/C15H22N2O/c1-3-11(2)16-15(18)17-14-10-6-8-12-7-4-5-9-13(12)14/h6,8,10-11H,3-5,7,9H2,1-2H3,(H2,16,17,18)/t11-/m1/s1. The van der Waals surface area contributed by atoms with Gasteiger partial charge in [-0.1, -0.05) is 19.1 Å². The number of carbonyl (C=O) groups excluding carboxylic acids is 1. The Hall–Kier alpha value is -1.51. The molecule has 3 nitrogen and oxygen atoms in total. The molecule has 0 radical (unpaired) electrons. The van der Waals surface area contributed by atoms with Crippen LogP contribution < -0.4 is 10.6 Å². The lowest BCUT2D eigenvalue weighted by atomic mass is 9.90. The lowest BCUT2D eigenvalue weighted by Crippen LogP contribution is -2.35. The second-order valence-corrected chi connectivity index (χ2v) is 5.06. The molecule has 1 atom stereocenters. The topological polar surface area (TPSA) is 41.1 Å². The van der Waals surface area contributed by atoms with Gasteiger partial charge in [0.05, 0.1) is 0 Å². The number of amides is 2. The van der Waals surface area contributed by atoms with Crippen molar-refractivity contribution in [3.63, 3.8) is 0 Å². The van der Waals surface area contributed by atoms with Gasteiger partial charge in [0.25, 0.3) is 0 Å². The van der Waals surface area contributed by atoms with E-state index in [1.165, 1.54) is 24.0 Å². The average Bonchev–Trinajstić information content (AvgIpc) is 2.39. The zero-order chi connectivity index (χ0) is 13.0. The molecule has 0 aliphatic heterocycles.